The zero-order chi connectivity index (χ0) is 13.6. The van der Waals surface area contributed by atoms with Crippen LogP contribution in [0.4, 0.5) is 0 Å². The van der Waals surface area contributed by atoms with E-state index in [1.165, 1.54) is 12.8 Å². The summed E-state index contributed by atoms with van der Waals surface area (Å²) >= 11 is 0. The highest BCUT2D eigenvalue weighted by atomic mass is 16.1. The van der Waals surface area contributed by atoms with E-state index in [2.05, 4.69) is 17.1 Å². The average molecular weight is 255 g/mol. The van der Waals surface area contributed by atoms with Crippen LogP contribution < -0.4 is 11.1 Å². The summed E-state index contributed by atoms with van der Waals surface area (Å²) in [5.74, 6) is 0.620. The standard InChI is InChI=1S/C14H29N3O/c1-4-5-12-6-8-14(9-7-12,13(15)18)16-10-11-17(2)3/h12,16H,4-11H2,1-3H3,(H2,15,18). The highest BCUT2D eigenvalue weighted by Crippen LogP contribution is 2.34. The molecule has 1 fully saturated rings. The summed E-state index contributed by atoms with van der Waals surface area (Å²) in [6.07, 6.45) is 6.59. The molecule has 0 radical (unpaired) electrons. The van der Waals surface area contributed by atoms with E-state index in [1.807, 2.05) is 14.1 Å². The van der Waals surface area contributed by atoms with Crippen LogP contribution in [0.25, 0.3) is 0 Å². The molecule has 1 rings (SSSR count). The fourth-order valence-electron chi connectivity index (χ4n) is 2.90. The van der Waals surface area contributed by atoms with Crippen LogP contribution in [-0.2, 0) is 4.79 Å². The molecule has 0 unspecified atom stereocenters. The molecule has 0 heterocycles. The summed E-state index contributed by atoms with van der Waals surface area (Å²) in [5.41, 5.74) is 5.18. The van der Waals surface area contributed by atoms with Gasteiger partial charge in [0, 0.05) is 13.1 Å². The second kappa shape index (κ2) is 7.10. The molecule has 4 nitrogen and oxygen atoms in total. The molecule has 0 bridgehead atoms. The molecule has 0 spiro atoms. The Bertz CT molecular complexity index is 258. The van der Waals surface area contributed by atoms with Crippen molar-refractivity contribution in [2.75, 3.05) is 27.2 Å². The lowest BCUT2D eigenvalue weighted by Crippen LogP contribution is -2.58. The zero-order valence-corrected chi connectivity index (χ0v) is 12.2. The highest BCUT2D eigenvalue weighted by molar-refractivity contribution is 5.84. The molecule has 18 heavy (non-hydrogen) atoms. The molecule has 1 aliphatic carbocycles. The minimum Gasteiger partial charge on any atom is -0.368 e. The zero-order valence-electron chi connectivity index (χ0n) is 12.2. The fourth-order valence-corrected chi connectivity index (χ4v) is 2.90. The first-order valence-electron chi connectivity index (χ1n) is 7.20. The summed E-state index contributed by atoms with van der Waals surface area (Å²) in [7, 11) is 4.08. The van der Waals surface area contributed by atoms with Gasteiger partial charge in [-0.05, 0) is 45.7 Å². The van der Waals surface area contributed by atoms with Gasteiger partial charge in [-0.3, -0.25) is 4.79 Å². The normalized spacial score (nSPS) is 28.6. The van der Waals surface area contributed by atoms with Gasteiger partial charge in [-0.25, -0.2) is 0 Å². The van der Waals surface area contributed by atoms with Gasteiger partial charge in [0.2, 0.25) is 5.91 Å². The first-order valence-corrected chi connectivity index (χ1v) is 7.20. The van der Waals surface area contributed by atoms with Crippen molar-refractivity contribution in [1.82, 2.24) is 10.2 Å². The molecule has 0 aromatic rings. The van der Waals surface area contributed by atoms with Crippen LogP contribution in [0.3, 0.4) is 0 Å². The van der Waals surface area contributed by atoms with Gasteiger partial charge in [-0.2, -0.15) is 0 Å². The Hall–Kier alpha value is -0.610. The first-order chi connectivity index (χ1) is 8.50. The Labute approximate surface area is 111 Å². The molecule has 3 N–H and O–H groups in total. The maximum atomic E-state index is 11.8. The Morgan fingerprint density at radius 2 is 2.00 bits per heavy atom. The molecule has 4 heteroatoms. The smallest absolute Gasteiger partial charge is 0.237 e. The maximum absolute atomic E-state index is 11.8. The summed E-state index contributed by atoms with van der Waals surface area (Å²) in [6.45, 7) is 3.99. The van der Waals surface area contributed by atoms with E-state index in [-0.39, 0.29) is 5.91 Å². The molecule has 1 amide bonds. The number of nitrogens with two attached hydrogens (primary N) is 1. The number of hydrogen-bond donors (Lipinski definition) is 2. The molecule has 0 aliphatic heterocycles. The second-order valence-electron chi connectivity index (χ2n) is 5.91. The van der Waals surface area contributed by atoms with Crippen molar-refractivity contribution in [3.05, 3.63) is 0 Å². The van der Waals surface area contributed by atoms with Gasteiger partial charge in [0.1, 0.15) is 0 Å². The van der Waals surface area contributed by atoms with Crippen LogP contribution in [0.15, 0.2) is 0 Å². The Morgan fingerprint density at radius 1 is 1.39 bits per heavy atom. The van der Waals surface area contributed by atoms with Crippen molar-refractivity contribution in [2.45, 2.75) is 51.0 Å². The lowest BCUT2D eigenvalue weighted by Gasteiger charge is -2.38. The third-order valence-corrected chi connectivity index (χ3v) is 4.15. The van der Waals surface area contributed by atoms with Gasteiger partial charge in [-0.15, -0.1) is 0 Å². The van der Waals surface area contributed by atoms with Gasteiger partial charge >= 0.3 is 0 Å². The number of nitrogens with one attached hydrogen (secondary N) is 1. The van der Waals surface area contributed by atoms with Crippen molar-refractivity contribution in [2.24, 2.45) is 11.7 Å². The van der Waals surface area contributed by atoms with E-state index >= 15 is 0 Å². The number of nitrogens with zero attached hydrogens (tertiary/aromatic N) is 1. The molecule has 1 aliphatic rings. The van der Waals surface area contributed by atoms with Crippen LogP contribution in [0.2, 0.25) is 0 Å². The number of likely N-dealkylation sites (N-methyl/N-ethyl adjacent to an activating group) is 1. The highest BCUT2D eigenvalue weighted by Gasteiger charge is 2.39. The minimum absolute atomic E-state index is 0.170. The van der Waals surface area contributed by atoms with Crippen molar-refractivity contribution >= 4 is 5.91 Å². The molecule has 106 valence electrons. The Kier molecular flexibility index (Phi) is 6.09. The number of hydrogen-bond acceptors (Lipinski definition) is 3. The second-order valence-corrected chi connectivity index (χ2v) is 5.91. The SMILES string of the molecule is CCCC1CCC(NCCN(C)C)(C(N)=O)CC1. The number of rotatable bonds is 7. The number of amides is 1. The van der Waals surface area contributed by atoms with Crippen molar-refractivity contribution in [1.29, 1.82) is 0 Å². The molecule has 1 saturated carbocycles. The van der Waals surface area contributed by atoms with E-state index < -0.39 is 5.54 Å². The van der Waals surface area contributed by atoms with Gasteiger partial charge in [0.25, 0.3) is 0 Å². The Balaban J connectivity index is 2.48. The lowest BCUT2D eigenvalue weighted by atomic mass is 9.74. The monoisotopic (exact) mass is 255 g/mol. The van der Waals surface area contributed by atoms with Crippen molar-refractivity contribution in [3.8, 4) is 0 Å². The predicted molar refractivity (Wildman–Crippen MR) is 75.3 cm³/mol. The number of carbonyl (C=O) groups is 1. The van der Waals surface area contributed by atoms with Crippen molar-refractivity contribution in [3.63, 3.8) is 0 Å². The molecule has 0 saturated heterocycles. The van der Waals surface area contributed by atoms with Crippen LogP contribution in [0.5, 0.6) is 0 Å². The number of primary amides is 1. The van der Waals surface area contributed by atoms with E-state index in [0.717, 1.165) is 44.7 Å². The van der Waals surface area contributed by atoms with Crippen LogP contribution >= 0.6 is 0 Å². The summed E-state index contributed by atoms with van der Waals surface area (Å²) < 4.78 is 0. The Morgan fingerprint density at radius 3 is 2.44 bits per heavy atom. The molecule has 0 atom stereocenters. The van der Waals surface area contributed by atoms with Gasteiger partial charge in [-0.1, -0.05) is 19.8 Å². The van der Waals surface area contributed by atoms with Crippen LogP contribution in [-0.4, -0.2) is 43.5 Å². The van der Waals surface area contributed by atoms with E-state index in [1.54, 1.807) is 0 Å². The first kappa shape index (κ1) is 15.4. The minimum atomic E-state index is -0.444. The molecule has 0 aromatic carbocycles. The summed E-state index contributed by atoms with van der Waals surface area (Å²) in [5, 5.41) is 3.41. The average Bonchev–Trinajstić information content (AvgIpc) is 2.31. The van der Waals surface area contributed by atoms with Gasteiger partial charge in [0.05, 0.1) is 5.54 Å². The van der Waals surface area contributed by atoms with Crippen LogP contribution in [0.1, 0.15) is 45.4 Å². The third kappa shape index (κ3) is 4.25. The number of carbonyl (C=O) groups excluding carboxylic acids is 1. The van der Waals surface area contributed by atoms with Crippen LogP contribution in [0, 0.1) is 5.92 Å². The third-order valence-electron chi connectivity index (χ3n) is 4.15. The van der Waals surface area contributed by atoms with E-state index in [0.29, 0.717) is 0 Å². The molecular formula is C14H29N3O. The summed E-state index contributed by atoms with van der Waals surface area (Å²) in [6, 6.07) is 0. The maximum Gasteiger partial charge on any atom is 0.237 e. The van der Waals surface area contributed by atoms with E-state index in [4.69, 9.17) is 5.73 Å². The van der Waals surface area contributed by atoms with Crippen molar-refractivity contribution < 1.29 is 4.79 Å². The largest absolute Gasteiger partial charge is 0.368 e. The summed E-state index contributed by atoms with van der Waals surface area (Å²) in [4.78, 5) is 13.9. The van der Waals surface area contributed by atoms with Gasteiger partial charge < -0.3 is 16.0 Å². The quantitative estimate of drug-likeness (QED) is 0.722. The molecular weight excluding hydrogens is 226 g/mol. The van der Waals surface area contributed by atoms with E-state index in [9.17, 15) is 4.79 Å². The molecule has 0 aromatic heterocycles. The van der Waals surface area contributed by atoms with Gasteiger partial charge in [0.15, 0.2) is 0 Å². The topological polar surface area (TPSA) is 58.4 Å². The fraction of sp³-hybridized carbons (Fsp3) is 0.929. The lowest BCUT2D eigenvalue weighted by molar-refractivity contribution is -0.126. The predicted octanol–water partition coefficient (Wildman–Crippen LogP) is 1.35.